The number of aliphatic hydroxyl groups excluding tert-OH is 2. The second-order valence-electron chi connectivity index (χ2n) is 9.10. The third-order valence-corrected chi connectivity index (χ3v) is 5.63. The number of carbonyl (C=O) groups is 6. The Morgan fingerprint density at radius 1 is 0.537 bits per heavy atom. The van der Waals surface area contributed by atoms with Crippen LogP contribution in [0.1, 0.15) is 41.5 Å². The fourth-order valence-electron chi connectivity index (χ4n) is 4.17. The summed E-state index contributed by atoms with van der Waals surface area (Å²) in [5.41, 5.74) is 0. The summed E-state index contributed by atoms with van der Waals surface area (Å²) < 4.78 is 48.0. The van der Waals surface area contributed by atoms with Gasteiger partial charge in [0.25, 0.3) is 0 Å². The minimum absolute atomic E-state index is 0.554. The van der Waals surface area contributed by atoms with Crippen molar-refractivity contribution in [2.75, 3.05) is 13.2 Å². The smallest absolute Gasteiger partial charge is 0.303 e. The minimum Gasteiger partial charge on any atom is -0.463 e. The summed E-state index contributed by atoms with van der Waals surface area (Å²) in [4.78, 5) is 70.6. The summed E-state index contributed by atoms with van der Waals surface area (Å²) in [6.45, 7) is 5.14. The number of carbonyl (C=O) groups excluding carboxylic acids is 6. The zero-order valence-corrected chi connectivity index (χ0v) is 23.2. The van der Waals surface area contributed by atoms with E-state index < -0.39 is 110 Å². The zero-order valence-electron chi connectivity index (χ0n) is 23.2. The van der Waals surface area contributed by atoms with Gasteiger partial charge in [0.05, 0.1) is 0 Å². The lowest BCUT2D eigenvalue weighted by Crippen LogP contribution is -2.66. The predicted molar refractivity (Wildman–Crippen MR) is 126 cm³/mol. The monoisotopic (exact) mass is 594 g/mol. The van der Waals surface area contributed by atoms with Gasteiger partial charge in [0.15, 0.2) is 37.0 Å². The van der Waals surface area contributed by atoms with Crippen molar-refractivity contribution < 1.29 is 81.6 Å². The highest BCUT2D eigenvalue weighted by atomic mass is 16.8. The highest BCUT2D eigenvalue weighted by molar-refractivity contribution is 5.68. The van der Waals surface area contributed by atoms with Crippen LogP contribution in [-0.4, -0.2) is 121 Å². The van der Waals surface area contributed by atoms with Crippen LogP contribution in [0.25, 0.3) is 0 Å². The first-order valence-electron chi connectivity index (χ1n) is 12.4. The van der Waals surface area contributed by atoms with Crippen LogP contribution in [0.15, 0.2) is 0 Å². The van der Waals surface area contributed by atoms with Crippen molar-refractivity contribution in [2.45, 2.75) is 103 Å². The maximum Gasteiger partial charge on any atom is 0.303 e. The van der Waals surface area contributed by atoms with Crippen molar-refractivity contribution in [3.05, 3.63) is 0 Å². The molecule has 2 N–H and O–H groups in total. The molecule has 2 aliphatic heterocycles. The summed E-state index contributed by atoms with van der Waals surface area (Å²) in [7, 11) is 0. The van der Waals surface area contributed by atoms with Crippen molar-refractivity contribution in [1.29, 1.82) is 0 Å². The molecule has 41 heavy (non-hydrogen) atoms. The molecule has 2 aliphatic rings. The number of esters is 6. The third kappa shape index (κ3) is 9.89. The van der Waals surface area contributed by atoms with Gasteiger partial charge >= 0.3 is 35.8 Å². The summed E-state index contributed by atoms with van der Waals surface area (Å²) in [6, 6.07) is 0. The molecule has 17 nitrogen and oxygen atoms in total. The molecule has 2 rings (SSSR count). The molecule has 0 aromatic carbocycles. The molecule has 0 unspecified atom stereocenters. The van der Waals surface area contributed by atoms with Gasteiger partial charge in [-0.3, -0.25) is 28.8 Å². The Bertz CT molecular complexity index is 981. The van der Waals surface area contributed by atoms with Crippen molar-refractivity contribution >= 4 is 35.8 Å². The van der Waals surface area contributed by atoms with E-state index >= 15 is 0 Å². The molecule has 2 saturated heterocycles. The van der Waals surface area contributed by atoms with Gasteiger partial charge in [-0.15, -0.1) is 0 Å². The molecule has 2 heterocycles. The van der Waals surface area contributed by atoms with Crippen LogP contribution < -0.4 is 0 Å². The molecule has 0 saturated carbocycles. The van der Waals surface area contributed by atoms with Gasteiger partial charge < -0.3 is 52.8 Å². The standard InChI is InChI=1S/C24H34O17/c1-9(25)33-7-15-17(31)19(35-11(3)27)22(38-14(6)30)24(40-15)41-18-16(8-34-10(2)26)39-23(32)21(37-13(5)29)20(18)36-12(4)28/h15-24,31-32H,7-8H2,1-6H3/t15-,16-,17-,18-,19+,20+,21-,22-,23-,24+/m1/s1. The Morgan fingerprint density at radius 3 is 1.46 bits per heavy atom. The number of hydrogen-bond donors (Lipinski definition) is 2. The lowest BCUT2D eigenvalue weighted by molar-refractivity contribution is -0.357. The third-order valence-electron chi connectivity index (χ3n) is 5.63. The highest BCUT2D eigenvalue weighted by Crippen LogP contribution is 2.33. The lowest BCUT2D eigenvalue weighted by Gasteiger charge is -2.47. The molecule has 0 aromatic rings. The summed E-state index contributed by atoms with van der Waals surface area (Å²) in [5, 5.41) is 21.4. The number of ether oxygens (including phenoxy) is 9. The Labute approximate surface area is 234 Å². The first-order chi connectivity index (χ1) is 19.1. The molecule has 10 atom stereocenters. The highest BCUT2D eigenvalue weighted by Gasteiger charge is 2.56. The van der Waals surface area contributed by atoms with Crippen LogP contribution in [0.2, 0.25) is 0 Å². The Morgan fingerprint density at radius 2 is 0.976 bits per heavy atom. The molecular formula is C24H34O17. The van der Waals surface area contributed by atoms with E-state index in [0.717, 1.165) is 41.5 Å². The van der Waals surface area contributed by atoms with Gasteiger partial charge in [-0.2, -0.15) is 0 Å². The van der Waals surface area contributed by atoms with Crippen molar-refractivity contribution in [3.63, 3.8) is 0 Å². The van der Waals surface area contributed by atoms with Crippen molar-refractivity contribution in [2.24, 2.45) is 0 Å². The molecule has 0 spiro atoms. The largest absolute Gasteiger partial charge is 0.463 e. The van der Waals surface area contributed by atoms with Crippen molar-refractivity contribution in [1.82, 2.24) is 0 Å². The molecular weight excluding hydrogens is 560 g/mol. The number of hydrogen-bond acceptors (Lipinski definition) is 17. The zero-order chi connectivity index (χ0) is 31.0. The maximum atomic E-state index is 12.0. The van der Waals surface area contributed by atoms with Crippen LogP contribution in [-0.2, 0) is 71.4 Å². The Hall–Kier alpha value is -3.38. The van der Waals surface area contributed by atoms with Gasteiger partial charge in [0, 0.05) is 41.5 Å². The second-order valence-corrected chi connectivity index (χ2v) is 9.10. The van der Waals surface area contributed by atoms with Gasteiger partial charge in [-0.1, -0.05) is 0 Å². The van der Waals surface area contributed by atoms with Crippen LogP contribution in [0, 0.1) is 0 Å². The summed E-state index contributed by atoms with van der Waals surface area (Å²) >= 11 is 0. The van der Waals surface area contributed by atoms with E-state index in [9.17, 15) is 39.0 Å². The second kappa shape index (κ2) is 15.0. The van der Waals surface area contributed by atoms with Crippen LogP contribution >= 0.6 is 0 Å². The maximum absolute atomic E-state index is 12.0. The van der Waals surface area contributed by atoms with Gasteiger partial charge in [-0.25, -0.2) is 0 Å². The molecule has 232 valence electrons. The van der Waals surface area contributed by atoms with E-state index in [1.54, 1.807) is 0 Å². The van der Waals surface area contributed by atoms with Crippen LogP contribution in [0.4, 0.5) is 0 Å². The summed E-state index contributed by atoms with van der Waals surface area (Å²) in [5.74, 6) is -5.07. The van der Waals surface area contributed by atoms with E-state index in [1.165, 1.54) is 0 Å². The normalized spacial score (nSPS) is 33.1. The van der Waals surface area contributed by atoms with Gasteiger partial charge in [-0.05, 0) is 0 Å². The van der Waals surface area contributed by atoms with E-state index in [2.05, 4.69) is 0 Å². The Kier molecular flexibility index (Phi) is 12.4. The molecule has 17 heteroatoms. The lowest BCUT2D eigenvalue weighted by atomic mass is 9.96. The SMILES string of the molecule is CC(=O)OC[C@H]1O[C@@H](O[C@H]2[C@H](OC(C)=O)[C@@H](OC(C)=O)[C@H](O)O[C@@H]2COC(C)=O)[C@H](OC(C)=O)[C@@H](OC(C)=O)[C@@H]1O. The fraction of sp³-hybridized carbons (Fsp3) is 0.750. The number of aliphatic hydroxyl groups is 2. The molecule has 0 aromatic heterocycles. The van der Waals surface area contributed by atoms with Crippen molar-refractivity contribution in [3.8, 4) is 0 Å². The van der Waals surface area contributed by atoms with E-state index in [1.807, 2.05) is 0 Å². The predicted octanol–water partition coefficient (Wildman–Crippen LogP) is -1.97. The molecule has 0 amide bonds. The molecule has 0 bridgehead atoms. The molecule has 0 radical (unpaired) electrons. The van der Waals surface area contributed by atoms with E-state index in [-0.39, 0.29) is 0 Å². The average Bonchev–Trinajstić information content (AvgIpc) is 2.83. The van der Waals surface area contributed by atoms with E-state index in [4.69, 9.17) is 42.6 Å². The molecule has 2 fully saturated rings. The van der Waals surface area contributed by atoms with Gasteiger partial charge in [0.1, 0.15) is 37.6 Å². The topological polar surface area (TPSA) is 226 Å². The average molecular weight is 595 g/mol. The Balaban J connectivity index is 2.57. The van der Waals surface area contributed by atoms with Gasteiger partial charge in [0.2, 0.25) is 0 Å². The fourth-order valence-corrected chi connectivity index (χ4v) is 4.17. The summed E-state index contributed by atoms with van der Waals surface area (Å²) in [6.07, 6.45) is -16.3. The van der Waals surface area contributed by atoms with Crippen LogP contribution in [0.5, 0.6) is 0 Å². The number of rotatable bonds is 10. The van der Waals surface area contributed by atoms with Crippen LogP contribution in [0.3, 0.4) is 0 Å². The first kappa shape index (κ1) is 33.8. The first-order valence-corrected chi connectivity index (χ1v) is 12.4. The van der Waals surface area contributed by atoms with E-state index in [0.29, 0.717) is 0 Å². The quantitative estimate of drug-likeness (QED) is 0.206. The molecule has 0 aliphatic carbocycles. The minimum atomic E-state index is -1.88.